The zero-order valence-corrected chi connectivity index (χ0v) is 10.1. The second kappa shape index (κ2) is 4.47. The average Bonchev–Trinajstić information content (AvgIpc) is 2.81. The molecule has 100 valence electrons. The van der Waals surface area contributed by atoms with Gasteiger partial charge in [-0.25, -0.2) is 9.50 Å². The van der Waals surface area contributed by atoms with Crippen LogP contribution in [0.2, 0.25) is 0 Å². The van der Waals surface area contributed by atoms with Gasteiger partial charge in [-0.05, 0) is 18.9 Å². The summed E-state index contributed by atoms with van der Waals surface area (Å²) in [6, 6.07) is 1.75. The lowest BCUT2D eigenvalue weighted by molar-refractivity contribution is -0.383. The van der Waals surface area contributed by atoms with Crippen molar-refractivity contribution in [3.8, 4) is 0 Å². The van der Waals surface area contributed by atoms with Gasteiger partial charge in [-0.1, -0.05) is 0 Å². The van der Waals surface area contributed by atoms with E-state index in [2.05, 4.69) is 10.1 Å². The van der Waals surface area contributed by atoms with Gasteiger partial charge in [0.15, 0.2) is 0 Å². The Morgan fingerprint density at radius 3 is 3.11 bits per heavy atom. The first-order valence-electron chi connectivity index (χ1n) is 6.07. The van der Waals surface area contributed by atoms with Crippen molar-refractivity contribution in [3.63, 3.8) is 0 Å². The maximum atomic E-state index is 10.9. The number of hydrogen-bond donors (Lipinski definition) is 1. The molecule has 2 aromatic heterocycles. The molecule has 0 bridgehead atoms. The fourth-order valence-corrected chi connectivity index (χ4v) is 2.32. The Morgan fingerprint density at radius 1 is 1.53 bits per heavy atom. The molecule has 1 fully saturated rings. The van der Waals surface area contributed by atoms with Crippen LogP contribution in [-0.4, -0.2) is 43.8 Å². The standard InChI is InChI=1S/C11H13N5O3/c17-8-2-1-4-14(7-8)10-3-5-15-11(13-10)9(6-12-15)16(18)19/h3,5-6,8,17H,1-2,4,7H2/t8-/m0/s1. The molecule has 2 aromatic rings. The van der Waals surface area contributed by atoms with Gasteiger partial charge in [-0.2, -0.15) is 5.10 Å². The zero-order valence-electron chi connectivity index (χ0n) is 10.1. The average molecular weight is 263 g/mol. The molecule has 0 spiro atoms. The van der Waals surface area contributed by atoms with E-state index < -0.39 is 4.92 Å². The smallest absolute Gasteiger partial charge is 0.333 e. The van der Waals surface area contributed by atoms with Crippen molar-refractivity contribution < 1.29 is 10.0 Å². The van der Waals surface area contributed by atoms with Crippen LogP contribution in [0.1, 0.15) is 12.8 Å². The molecule has 1 aliphatic rings. The van der Waals surface area contributed by atoms with Crippen molar-refractivity contribution in [1.29, 1.82) is 0 Å². The largest absolute Gasteiger partial charge is 0.391 e. The van der Waals surface area contributed by atoms with E-state index in [1.165, 1.54) is 10.7 Å². The molecule has 1 N–H and O–H groups in total. The summed E-state index contributed by atoms with van der Waals surface area (Å²) in [5.74, 6) is 0.634. The summed E-state index contributed by atoms with van der Waals surface area (Å²) in [6.45, 7) is 1.30. The highest BCUT2D eigenvalue weighted by molar-refractivity contribution is 5.61. The molecule has 8 nitrogen and oxygen atoms in total. The summed E-state index contributed by atoms with van der Waals surface area (Å²) in [5, 5.41) is 24.4. The molecule has 0 aromatic carbocycles. The first-order valence-corrected chi connectivity index (χ1v) is 6.07. The van der Waals surface area contributed by atoms with Gasteiger partial charge in [0.2, 0.25) is 5.65 Å². The number of aliphatic hydroxyl groups excluding tert-OH is 1. The number of anilines is 1. The highest BCUT2D eigenvalue weighted by Crippen LogP contribution is 2.22. The van der Waals surface area contributed by atoms with E-state index in [0.29, 0.717) is 12.4 Å². The van der Waals surface area contributed by atoms with Crippen LogP contribution in [0.3, 0.4) is 0 Å². The Balaban J connectivity index is 2.00. The van der Waals surface area contributed by atoms with Gasteiger partial charge in [0.25, 0.3) is 0 Å². The molecule has 1 saturated heterocycles. The summed E-state index contributed by atoms with van der Waals surface area (Å²) < 4.78 is 1.38. The lowest BCUT2D eigenvalue weighted by Gasteiger charge is -2.30. The molecular formula is C11H13N5O3. The van der Waals surface area contributed by atoms with E-state index in [0.717, 1.165) is 19.4 Å². The third-order valence-electron chi connectivity index (χ3n) is 3.25. The predicted molar refractivity (Wildman–Crippen MR) is 67.1 cm³/mol. The Hall–Kier alpha value is -2.22. The van der Waals surface area contributed by atoms with Crippen molar-refractivity contribution in [1.82, 2.24) is 14.6 Å². The highest BCUT2D eigenvalue weighted by Gasteiger charge is 2.21. The van der Waals surface area contributed by atoms with Crippen molar-refractivity contribution >= 4 is 17.2 Å². The minimum absolute atomic E-state index is 0.112. The van der Waals surface area contributed by atoms with E-state index >= 15 is 0 Å². The minimum Gasteiger partial charge on any atom is -0.391 e. The number of fused-ring (bicyclic) bond motifs is 1. The Kier molecular flexibility index (Phi) is 2.79. The van der Waals surface area contributed by atoms with Gasteiger partial charge in [0, 0.05) is 19.3 Å². The summed E-state index contributed by atoms with van der Waals surface area (Å²) in [5.41, 5.74) is 0.113. The van der Waals surface area contributed by atoms with E-state index in [4.69, 9.17) is 0 Å². The topological polar surface area (TPSA) is 96.8 Å². The predicted octanol–water partition coefficient (Wildman–Crippen LogP) is 0.599. The van der Waals surface area contributed by atoms with Crippen LogP contribution < -0.4 is 4.90 Å². The van der Waals surface area contributed by atoms with Gasteiger partial charge in [-0.15, -0.1) is 0 Å². The van der Waals surface area contributed by atoms with Crippen LogP contribution in [-0.2, 0) is 0 Å². The summed E-state index contributed by atoms with van der Waals surface area (Å²) in [6.07, 6.45) is 4.13. The first-order chi connectivity index (χ1) is 9.15. The fraction of sp³-hybridized carbons (Fsp3) is 0.455. The zero-order chi connectivity index (χ0) is 13.4. The van der Waals surface area contributed by atoms with Crippen LogP contribution in [0.5, 0.6) is 0 Å². The van der Waals surface area contributed by atoms with Crippen LogP contribution in [0.4, 0.5) is 11.5 Å². The van der Waals surface area contributed by atoms with E-state index in [1.54, 1.807) is 12.3 Å². The summed E-state index contributed by atoms with van der Waals surface area (Å²) in [7, 11) is 0. The molecule has 0 amide bonds. The van der Waals surface area contributed by atoms with E-state index in [9.17, 15) is 15.2 Å². The second-order valence-corrected chi connectivity index (χ2v) is 4.58. The van der Waals surface area contributed by atoms with Gasteiger partial charge in [0.1, 0.15) is 12.0 Å². The Morgan fingerprint density at radius 2 is 2.37 bits per heavy atom. The molecule has 19 heavy (non-hydrogen) atoms. The molecule has 3 rings (SSSR count). The monoisotopic (exact) mass is 263 g/mol. The summed E-state index contributed by atoms with van der Waals surface area (Å²) >= 11 is 0. The molecule has 0 radical (unpaired) electrons. The van der Waals surface area contributed by atoms with E-state index in [1.807, 2.05) is 4.90 Å². The SMILES string of the molecule is O=[N+]([O-])c1cnn2ccc(N3CCC[C@H](O)C3)nc12. The molecule has 1 atom stereocenters. The number of hydrogen-bond acceptors (Lipinski definition) is 6. The van der Waals surface area contributed by atoms with Crippen LogP contribution >= 0.6 is 0 Å². The maximum Gasteiger partial charge on any atom is 0.333 e. The van der Waals surface area contributed by atoms with E-state index in [-0.39, 0.29) is 17.4 Å². The van der Waals surface area contributed by atoms with Crippen LogP contribution in [0.25, 0.3) is 5.65 Å². The quantitative estimate of drug-likeness (QED) is 0.629. The number of nitro groups is 1. The van der Waals surface area contributed by atoms with Crippen LogP contribution in [0, 0.1) is 10.1 Å². The number of β-amino-alcohol motifs (C(OH)–C–C–N with tert-alkyl or cyclic N) is 1. The molecule has 3 heterocycles. The van der Waals surface area contributed by atoms with Crippen LogP contribution in [0.15, 0.2) is 18.5 Å². The molecule has 1 aliphatic heterocycles. The van der Waals surface area contributed by atoms with Gasteiger partial charge >= 0.3 is 5.69 Å². The van der Waals surface area contributed by atoms with Crippen molar-refractivity contribution in [2.24, 2.45) is 0 Å². The molecule has 8 heteroatoms. The van der Waals surface area contributed by atoms with Gasteiger partial charge in [-0.3, -0.25) is 10.1 Å². The van der Waals surface area contributed by atoms with Crippen molar-refractivity contribution in [2.75, 3.05) is 18.0 Å². The Bertz CT molecular complexity index is 626. The van der Waals surface area contributed by atoms with Crippen molar-refractivity contribution in [3.05, 3.63) is 28.6 Å². The third kappa shape index (κ3) is 2.10. The first kappa shape index (κ1) is 11.8. The number of aromatic nitrogens is 3. The number of aliphatic hydroxyl groups is 1. The number of nitrogens with zero attached hydrogens (tertiary/aromatic N) is 5. The Labute approximate surface area is 108 Å². The van der Waals surface area contributed by atoms with Gasteiger partial charge < -0.3 is 10.0 Å². The maximum absolute atomic E-state index is 10.9. The van der Waals surface area contributed by atoms with Gasteiger partial charge in [0.05, 0.1) is 11.0 Å². The number of rotatable bonds is 2. The molecule has 0 unspecified atom stereocenters. The third-order valence-corrected chi connectivity index (χ3v) is 3.25. The normalized spacial score (nSPS) is 19.8. The van der Waals surface area contributed by atoms with Crippen molar-refractivity contribution in [2.45, 2.75) is 18.9 Å². The lowest BCUT2D eigenvalue weighted by atomic mass is 10.1. The highest BCUT2D eigenvalue weighted by atomic mass is 16.6. The molecule has 0 aliphatic carbocycles. The molecule has 0 saturated carbocycles. The minimum atomic E-state index is -0.496. The fourth-order valence-electron chi connectivity index (χ4n) is 2.32. The second-order valence-electron chi connectivity index (χ2n) is 4.58. The lowest BCUT2D eigenvalue weighted by Crippen LogP contribution is -2.38. The molecular weight excluding hydrogens is 250 g/mol. The number of piperidine rings is 1. The summed E-state index contributed by atoms with van der Waals surface area (Å²) in [4.78, 5) is 16.6.